The van der Waals surface area contributed by atoms with E-state index in [1.165, 1.54) is 0 Å². The zero-order valence-corrected chi connectivity index (χ0v) is 10.5. The number of benzene rings is 1. The topological polar surface area (TPSA) is 29.1 Å². The Morgan fingerprint density at radius 3 is 2.75 bits per heavy atom. The molecule has 4 heteroatoms. The highest BCUT2D eigenvalue weighted by molar-refractivity contribution is 6.31. The van der Waals surface area contributed by atoms with E-state index in [0.717, 1.165) is 18.4 Å². The number of hydrogen-bond acceptors (Lipinski definition) is 1. The van der Waals surface area contributed by atoms with Crippen LogP contribution in [0.2, 0.25) is 5.02 Å². The molecule has 86 valence electrons. The van der Waals surface area contributed by atoms with Crippen molar-refractivity contribution in [1.82, 2.24) is 5.32 Å². The summed E-state index contributed by atoms with van der Waals surface area (Å²) in [6.07, 6.45) is 1.92. The molecule has 1 fully saturated rings. The lowest BCUT2D eigenvalue weighted by atomic mass is 10.1. The second-order valence-corrected chi connectivity index (χ2v) is 4.95. The average molecular weight is 258 g/mol. The molecule has 0 atom stereocenters. The third kappa shape index (κ3) is 2.18. The number of hydrogen-bond donors (Lipinski definition) is 1. The Bertz CT molecular complexity index is 427. The van der Waals surface area contributed by atoms with Gasteiger partial charge in [-0.15, -0.1) is 11.6 Å². The summed E-state index contributed by atoms with van der Waals surface area (Å²) in [4.78, 5) is 12.0. The molecule has 0 unspecified atom stereocenters. The molecule has 0 saturated heterocycles. The maximum absolute atomic E-state index is 12.0. The van der Waals surface area contributed by atoms with Crippen LogP contribution in [0, 0.1) is 6.92 Å². The fraction of sp³-hybridized carbons (Fsp3) is 0.417. The van der Waals surface area contributed by atoms with Crippen LogP contribution in [0.3, 0.4) is 0 Å². The molecule has 1 aromatic rings. The highest BCUT2D eigenvalue weighted by Crippen LogP contribution is 2.36. The van der Waals surface area contributed by atoms with E-state index in [9.17, 15) is 4.79 Å². The van der Waals surface area contributed by atoms with Gasteiger partial charge < -0.3 is 5.32 Å². The molecular formula is C12H13Cl2NO. The van der Waals surface area contributed by atoms with Gasteiger partial charge in [-0.1, -0.05) is 17.7 Å². The van der Waals surface area contributed by atoms with Gasteiger partial charge in [0.15, 0.2) is 0 Å². The molecule has 2 rings (SSSR count). The molecule has 0 aliphatic heterocycles. The molecule has 16 heavy (non-hydrogen) atoms. The Morgan fingerprint density at radius 1 is 1.50 bits per heavy atom. The summed E-state index contributed by atoms with van der Waals surface area (Å²) in [7, 11) is 0. The van der Waals surface area contributed by atoms with Crippen molar-refractivity contribution in [2.75, 3.05) is 5.88 Å². The van der Waals surface area contributed by atoms with Gasteiger partial charge in [0.05, 0.1) is 5.54 Å². The van der Waals surface area contributed by atoms with E-state index < -0.39 is 0 Å². The average Bonchev–Trinajstić information content (AvgIpc) is 3.02. The second kappa shape index (κ2) is 4.27. The predicted octanol–water partition coefficient (Wildman–Crippen LogP) is 3.15. The number of nitrogens with one attached hydrogen (secondary N) is 1. The van der Waals surface area contributed by atoms with E-state index in [2.05, 4.69) is 5.32 Å². The van der Waals surface area contributed by atoms with E-state index in [-0.39, 0.29) is 11.4 Å². The first kappa shape index (κ1) is 11.7. The quantitative estimate of drug-likeness (QED) is 0.829. The van der Waals surface area contributed by atoms with Gasteiger partial charge in [-0.05, 0) is 37.5 Å². The van der Waals surface area contributed by atoms with Crippen molar-refractivity contribution < 1.29 is 4.79 Å². The first-order chi connectivity index (χ1) is 7.58. The highest BCUT2D eigenvalue weighted by Gasteiger charge is 2.43. The fourth-order valence-corrected chi connectivity index (χ4v) is 2.11. The second-order valence-electron chi connectivity index (χ2n) is 4.28. The maximum Gasteiger partial charge on any atom is 0.252 e. The van der Waals surface area contributed by atoms with E-state index in [0.29, 0.717) is 16.5 Å². The van der Waals surface area contributed by atoms with Crippen molar-refractivity contribution in [3.63, 3.8) is 0 Å². The van der Waals surface area contributed by atoms with Crippen LogP contribution in [0.4, 0.5) is 0 Å². The number of rotatable bonds is 3. The maximum atomic E-state index is 12.0. The minimum atomic E-state index is -0.173. The van der Waals surface area contributed by atoms with Crippen LogP contribution in [0.5, 0.6) is 0 Å². The van der Waals surface area contributed by atoms with Crippen molar-refractivity contribution in [2.45, 2.75) is 25.3 Å². The van der Waals surface area contributed by atoms with Crippen LogP contribution >= 0.6 is 23.2 Å². The molecule has 1 amide bonds. The highest BCUT2D eigenvalue weighted by atomic mass is 35.5. The van der Waals surface area contributed by atoms with Crippen molar-refractivity contribution >= 4 is 29.1 Å². The predicted molar refractivity (Wildman–Crippen MR) is 66.3 cm³/mol. The van der Waals surface area contributed by atoms with Gasteiger partial charge >= 0.3 is 0 Å². The van der Waals surface area contributed by atoms with Crippen molar-refractivity contribution in [2.24, 2.45) is 0 Å². The van der Waals surface area contributed by atoms with Gasteiger partial charge in [0.1, 0.15) is 0 Å². The normalized spacial score (nSPS) is 16.9. The molecule has 0 spiro atoms. The Labute approximate surface area is 105 Å². The van der Waals surface area contributed by atoms with Crippen LogP contribution in [0.1, 0.15) is 28.8 Å². The summed E-state index contributed by atoms with van der Waals surface area (Å²) < 4.78 is 0. The van der Waals surface area contributed by atoms with E-state index in [1.807, 2.05) is 6.92 Å². The Morgan fingerprint density at radius 2 is 2.19 bits per heavy atom. The van der Waals surface area contributed by atoms with E-state index in [4.69, 9.17) is 23.2 Å². The molecule has 0 bridgehead atoms. The molecule has 1 N–H and O–H groups in total. The van der Waals surface area contributed by atoms with Crippen LogP contribution in [0.25, 0.3) is 0 Å². The molecule has 1 aromatic carbocycles. The lowest BCUT2D eigenvalue weighted by Gasteiger charge is -2.15. The summed E-state index contributed by atoms with van der Waals surface area (Å²) in [5, 5.41) is 3.59. The molecule has 1 aliphatic carbocycles. The van der Waals surface area contributed by atoms with Crippen LogP contribution in [-0.2, 0) is 0 Å². The van der Waals surface area contributed by atoms with E-state index in [1.54, 1.807) is 18.2 Å². The first-order valence-electron chi connectivity index (χ1n) is 5.22. The number of amides is 1. The van der Waals surface area contributed by atoms with Crippen LogP contribution in [-0.4, -0.2) is 17.3 Å². The summed E-state index contributed by atoms with van der Waals surface area (Å²) in [5.74, 6) is 0.386. The number of carbonyl (C=O) groups is 1. The number of halogens is 2. The first-order valence-corrected chi connectivity index (χ1v) is 6.13. The van der Waals surface area contributed by atoms with E-state index >= 15 is 0 Å². The summed E-state index contributed by atoms with van der Waals surface area (Å²) in [6.45, 7) is 1.84. The summed E-state index contributed by atoms with van der Waals surface area (Å²) >= 11 is 11.8. The third-order valence-corrected chi connectivity index (χ3v) is 3.92. The van der Waals surface area contributed by atoms with Gasteiger partial charge in [0, 0.05) is 16.5 Å². The Hall–Kier alpha value is -0.730. The zero-order chi connectivity index (χ0) is 11.8. The third-order valence-electron chi connectivity index (χ3n) is 3.00. The largest absolute Gasteiger partial charge is 0.345 e. The van der Waals surface area contributed by atoms with Crippen LogP contribution < -0.4 is 5.32 Å². The van der Waals surface area contributed by atoms with Crippen molar-refractivity contribution in [3.8, 4) is 0 Å². The van der Waals surface area contributed by atoms with Gasteiger partial charge in [0.25, 0.3) is 5.91 Å². The number of alkyl halides is 1. The monoisotopic (exact) mass is 257 g/mol. The molecule has 1 aliphatic rings. The molecule has 0 aromatic heterocycles. The lowest BCUT2D eigenvalue weighted by Crippen LogP contribution is -2.38. The summed E-state index contributed by atoms with van der Waals surface area (Å²) in [6, 6.07) is 5.34. The zero-order valence-electron chi connectivity index (χ0n) is 9.02. The van der Waals surface area contributed by atoms with Gasteiger partial charge in [-0.25, -0.2) is 0 Å². The standard InChI is InChI=1S/C12H13Cl2NO/c1-8-9(3-2-4-10(8)14)11(16)15-12(7-13)5-6-12/h2-4H,5-7H2,1H3,(H,15,16). The summed E-state index contributed by atoms with van der Waals surface area (Å²) in [5.41, 5.74) is 1.27. The molecule has 0 heterocycles. The smallest absolute Gasteiger partial charge is 0.252 e. The minimum absolute atomic E-state index is 0.0850. The Balaban J connectivity index is 2.18. The van der Waals surface area contributed by atoms with Gasteiger partial charge in [-0.2, -0.15) is 0 Å². The number of carbonyl (C=O) groups excluding carboxylic acids is 1. The lowest BCUT2D eigenvalue weighted by molar-refractivity contribution is 0.0935. The van der Waals surface area contributed by atoms with Crippen molar-refractivity contribution in [1.29, 1.82) is 0 Å². The molecule has 2 nitrogen and oxygen atoms in total. The molecule has 1 saturated carbocycles. The van der Waals surface area contributed by atoms with Gasteiger partial charge in [0.2, 0.25) is 0 Å². The van der Waals surface area contributed by atoms with Crippen LogP contribution in [0.15, 0.2) is 18.2 Å². The Kier molecular flexibility index (Phi) is 3.13. The van der Waals surface area contributed by atoms with Gasteiger partial charge in [-0.3, -0.25) is 4.79 Å². The fourth-order valence-electron chi connectivity index (χ4n) is 1.60. The molecule has 0 radical (unpaired) electrons. The van der Waals surface area contributed by atoms with Crippen molar-refractivity contribution in [3.05, 3.63) is 34.3 Å². The molecular weight excluding hydrogens is 245 g/mol. The SMILES string of the molecule is Cc1c(Cl)cccc1C(=O)NC1(CCl)CC1. The minimum Gasteiger partial charge on any atom is -0.345 e.